The molecule has 1 aromatic heterocycles. The van der Waals surface area contributed by atoms with E-state index >= 15 is 0 Å². The summed E-state index contributed by atoms with van der Waals surface area (Å²) in [6, 6.07) is 0. The van der Waals surface area contributed by atoms with Crippen molar-refractivity contribution in [3.8, 4) is 0 Å². The van der Waals surface area contributed by atoms with Gasteiger partial charge in [0.2, 0.25) is 0 Å². The van der Waals surface area contributed by atoms with Crippen LogP contribution in [0, 0.1) is 12.5 Å². The molecule has 2 radical (unpaired) electrons. The van der Waals surface area contributed by atoms with Gasteiger partial charge in [0.25, 0.3) is 6.43 Å². The van der Waals surface area contributed by atoms with Crippen molar-refractivity contribution in [2.75, 3.05) is 0 Å². The maximum Gasteiger partial charge on any atom is 0.280 e. The van der Waals surface area contributed by atoms with Crippen LogP contribution in [0.5, 0.6) is 0 Å². The Kier molecular flexibility index (Phi) is 1.94. The highest BCUT2D eigenvalue weighted by atomic mass is 19.3. The predicted molar refractivity (Wildman–Crippen MR) is 26.0 cm³/mol. The number of halogens is 3. The molecule has 0 aliphatic carbocycles. The van der Waals surface area contributed by atoms with E-state index in [0.29, 0.717) is 4.57 Å². The summed E-state index contributed by atoms with van der Waals surface area (Å²) in [6.45, 7) is -1.05. The molecule has 0 bridgehead atoms. The minimum Gasteiger partial charge on any atom is -0.291 e. The minimum absolute atomic E-state index is 0.567. The van der Waals surface area contributed by atoms with Crippen molar-refractivity contribution < 1.29 is 13.2 Å². The van der Waals surface area contributed by atoms with Crippen molar-refractivity contribution in [2.45, 2.75) is 13.2 Å². The Bertz CT molecular complexity index is 208. The SMILES string of the molecule is FCn1[c]n[c]c1C(F)F. The van der Waals surface area contributed by atoms with E-state index < -0.39 is 18.9 Å². The van der Waals surface area contributed by atoms with E-state index in [1.54, 1.807) is 0 Å². The molecular weight excluding hydrogens is 145 g/mol. The van der Waals surface area contributed by atoms with Gasteiger partial charge in [-0.05, 0) is 0 Å². The molecule has 0 atom stereocenters. The van der Waals surface area contributed by atoms with Gasteiger partial charge in [-0.1, -0.05) is 0 Å². The van der Waals surface area contributed by atoms with Crippen LogP contribution in [0.15, 0.2) is 0 Å². The van der Waals surface area contributed by atoms with Crippen molar-refractivity contribution >= 4 is 0 Å². The number of hydrogen-bond acceptors (Lipinski definition) is 1. The van der Waals surface area contributed by atoms with E-state index in [0.717, 1.165) is 0 Å². The largest absolute Gasteiger partial charge is 0.291 e. The van der Waals surface area contributed by atoms with Crippen LogP contribution in [0.1, 0.15) is 12.1 Å². The van der Waals surface area contributed by atoms with Gasteiger partial charge in [-0.3, -0.25) is 4.57 Å². The van der Waals surface area contributed by atoms with Crippen molar-refractivity contribution in [2.24, 2.45) is 0 Å². The second-order valence-electron chi connectivity index (χ2n) is 1.56. The molecule has 0 unspecified atom stereocenters. The van der Waals surface area contributed by atoms with Crippen molar-refractivity contribution in [1.82, 2.24) is 9.55 Å². The van der Waals surface area contributed by atoms with Crippen LogP contribution in [0.4, 0.5) is 13.2 Å². The second kappa shape index (κ2) is 2.72. The maximum absolute atomic E-state index is 11.8. The van der Waals surface area contributed by atoms with E-state index in [1.807, 2.05) is 12.5 Å². The van der Waals surface area contributed by atoms with Crippen LogP contribution in [0.2, 0.25) is 0 Å². The molecule has 0 aromatic carbocycles. The van der Waals surface area contributed by atoms with Crippen LogP contribution < -0.4 is 0 Å². The van der Waals surface area contributed by atoms with Crippen LogP contribution in [-0.2, 0) is 6.80 Å². The molecule has 0 saturated carbocycles. The van der Waals surface area contributed by atoms with Gasteiger partial charge in [-0.2, -0.15) is 0 Å². The highest BCUT2D eigenvalue weighted by Gasteiger charge is 2.13. The van der Waals surface area contributed by atoms with E-state index in [-0.39, 0.29) is 0 Å². The highest BCUT2D eigenvalue weighted by molar-refractivity contribution is 4.96. The number of alkyl halides is 3. The number of nitrogens with zero attached hydrogens (tertiary/aromatic N) is 2. The first-order valence-electron chi connectivity index (χ1n) is 2.45. The van der Waals surface area contributed by atoms with E-state index in [4.69, 9.17) is 0 Å². The molecule has 1 rings (SSSR count). The van der Waals surface area contributed by atoms with E-state index in [2.05, 4.69) is 4.98 Å². The number of rotatable bonds is 2. The molecule has 0 aliphatic heterocycles. The predicted octanol–water partition coefficient (Wildman–Crippen LogP) is 1.35. The fraction of sp³-hybridized carbons (Fsp3) is 0.400. The Hall–Kier alpha value is -1.00. The summed E-state index contributed by atoms with van der Waals surface area (Å²) in [5, 5.41) is 0. The van der Waals surface area contributed by atoms with Crippen LogP contribution in [0.3, 0.4) is 0 Å². The summed E-state index contributed by atoms with van der Waals surface area (Å²) in [4.78, 5) is 3.11. The monoisotopic (exact) mass is 148 g/mol. The second-order valence-corrected chi connectivity index (χ2v) is 1.56. The zero-order chi connectivity index (χ0) is 7.56. The van der Waals surface area contributed by atoms with Gasteiger partial charge in [0.1, 0.15) is 11.9 Å². The molecular formula is C5H3F3N2. The average molecular weight is 148 g/mol. The smallest absolute Gasteiger partial charge is 0.280 e. The average Bonchev–Trinajstić information content (AvgIpc) is 2.33. The lowest BCUT2D eigenvalue weighted by molar-refractivity contribution is 0.136. The first kappa shape index (κ1) is 7.11. The molecule has 0 saturated heterocycles. The maximum atomic E-state index is 11.8. The van der Waals surface area contributed by atoms with Gasteiger partial charge >= 0.3 is 0 Å². The molecule has 0 aliphatic rings. The topological polar surface area (TPSA) is 17.8 Å². The summed E-state index contributed by atoms with van der Waals surface area (Å²) >= 11 is 0. The first-order chi connectivity index (χ1) is 4.75. The number of hydrogen-bond donors (Lipinski definition) is 0. The Morgan fingerprint density at radius 2 is 2.30 bits per heavy atom. The molecule has 0 fully saturated rings. The molecule has 10 heavy (non-hydrogen) atoms. The van der Waals surface area contributed by atoms with Crippen molar-refractivity contribution in [1.29, 1.82) is 0 Å². The fourth-order valence-electron chi connectivity index (χ4n) is 0.515. The lowest BCUT2D eigenvalue weighted by Crippen LogP contribution is -1.98. The molecule has 54 valence electrons. The molecule has 2 nitrogen and oxygen atoms in total. The summed E-state index contributed by atoms with van der Waals surface area (Å²) in [6.07, 6.45) is 1.18. The Labute approximate surface area is 55.3 Å². The van der Waals surface area contributed by atoms with E-state index in [1.165, 1.54) is 0 Å². The van der Waals surface area contributed by atoms with Gasteiger partial charge < -0.3 is 0 Å². The Morgan fingerprint density at radius 3 is 2.70 bits per heavy atom. The molecule has 0 spiro atoms. The molecule has 0 amide bonds. The third-order valence-corrected chi connectivity index (χ3v) is 0.958. The quantitative estimate of drug-likeness (QED) is 0.618. The molecule has 1 heterocycles. The highest BCUT2D eigenvalue weighted by Crippen LogP contribution is 2.16. The van der Waals surface area contributed by atoms with Crippen molar-refractivity contribution in [3.63, 3.8) is 0 Å². The van der Waals surface area contributed by atoms with Gasteiger partial charge in [-0.15, -0.1) is 0 Å². The Balaban J connectivity index is 2.90. The molecule has 1 aromatic rings. The van der Waals surface area contributed by atoms with Crippen LogP contribution in [-0.4, -0.2) is 9.55 Å². The summed E-state index contributed by atoms with van der Waals surface area (Å²) in [5.41, 5.74) is -0.567. The summed E-state index contributed by atoms with van der Waals surface area (Å²) < 4.78 is 35.8. The Morgan fingerprint density at radius 1 is 1.60 bits per heavy atom. The lowest BCUT2D eigenvalue weighted by Gasteiger charge is -1.98. The van der Waals surface area contributed by atoms with Crippen LogP contribution in [0.25, 0.3) is 0 Å². The van der Waals surface area contributed by atoms with Crippen molar-refractivity contribution in [3.05, 3.63) is 18.2 Å². The third kappa shape index (κ3) is 1.12. The van der Waals surface area contributed by atoms with Gasteiger partial charge in [-0.25, -0.2) is 18.2 Å². The third-order valence-electron chi connectivity index (χ3n) is 0.958. The first-order valence-corrected chi connectivity index (χ1v) is 2.45. The normalized spacial score (nSPS) is 10.8. The molecule has 5 heteroatoms. The fourth-order valence-corrected chi connectivity index (χ4v) is 0.515. The number of aromatic nitrogens is 2. The van der Waals surface area contributed by atoms with Gasteiger partial charge in [0.15, 0.2) is 13.1 Å². The zero-order valence-electron chi connectivity index (χ0n) is 4.81. The lowest BCUT2D eigenvalue weighted by atomic mass is 10.5. The van der Waals surface area contributed by atoms with E-state index in [9.17, 15) is 13.2 Å². The number of imidazole rings is 1. The molecule has 0 N–H and O–H groups in total. The van der Waals surface area contributed by atoms with Gasteiger partial charge in [0.05, 0.1) is 0 Å². The summed E-state index contributed by atoms with van der Waals surface area (Å²) in [7, 11) is 0. The summed E-state index contributed by atoms with van der Waals surface area (Å²) in [5.74, 6) is 0. The minimum atomic E-state index is -2.74. The zero-order valence-corrected chi connectivity index (χ0v) is 4.81. The standard InChI is InChI=1S/C5H3F3N2/c6-2-10-3-9-1-4(10)5(7)8/h5H,2H2. The van der Waals surface area contributed by atoms with Gasteiger partial charge in [0, 0.05) is 0 Å². The van der Waals surface area contributed by atoms with Crippen LogP contribution >= 0.6 is 0 Å².